The van der Waals surface area contributed by atoms with Crippen molar-refractivity contribution in [3.05, 3.63) is 23.3 Å². The van der Waals surface area contributed by atoms with Crippen LogP contribution in [-0.2, 0) is 19.1 Å². The fourth-order valence-corrected chi connectivity index (χ4v) is 9.01. The molecule has 0 aromatic heterocycles. The smallest absolute Gasteiger partial charge is 0.343 e. The van der Waals surface area contributed by atoms with Gasteiger partial charge < -0.3 is 9.84 Å². The summed E-state index contributed by atoms with van der Waals surface area (Å²) in [5.74, 6) is -0.355. The summed E-state index contributed by atoms with van der Waals surface area (Å²) < 4.78 is 5.24. The summed E-state index contributed by atoms with van der Waals surface area (Å²) in [4.78, 5) is 38.4. The van der Waals surface area contributed by atoms with Gasteiger partial charge in [0.05, 0.1) is 17.1 Å². The lowest BCUT2D eigenvalue weighted by Gasteiger charge is -2.62. The Bertz CT molecular complexity index is 902. The minimum atomic E-state index is -0.894. The van der Waals surface area contributed by atoms with E-state index >= 15 is 0 Å². The molecule has 0 radical (unpaired) electrons. The molecule has 6 bridgehead atoms. The van der Waals surface area contributed by atoms with Gasteiger partial charge in [-0.2, -0.15) is 0 Å². The molecule has 0 aromatic rings. The Kier molecular flexibility index (Phi) is 3.55. The van der Waals surface area contributed by atoms with Gasteiger partial charge in [-0.3, -0.25) is 4.79 Å². The molecule has 7 aliphatic rings. The molecule has 160 valence electrons. The molecule has 0 saturated heterocycles. The number of fused-ring (bicyclic) bond motifs is 2. The lowest BCUT2D eigenvalue weighted by Crippen LogP contribution is -2.54. The lowest BCUT2D eigenvalue weighted by atomic mass is 9.42. The van der Waals surface area contributed by atoms with Crippen LogP contribution in [0.1, 0.15) is 65.2 Å². The van der Waals surface area contributed by atoms with Crippen LogP contribution in [0.15, 0.2) is 23.3 Å². The number of ether oxygens (including phenoxy) is 1. The van der Waals surface area contributed by atoms with E-state index < -0.39 is 34.7 Å². The average molecular weight is 411 g/mol. The van der Waals surface area contributed by atoms with E-state index in [0.29, 0.717) is 24.0 Å². The average Bonchev–Trinajstić information content (AvgIpc) is 3.31. The molecule has 3 unspecified atom stereocenters. The number of hydrogen-bond donors (Lipinski definition) is 1. The number of hydrogen-bond acceptors (Lipinski definition) is 4. The predicted octanol–water partition coefficient (Wildman–Crippen LogP) is 4.28. The van der Waals surface area contributed by atoms with Crippen molar-refractivity contribution in [2.75, 3.05) is 0 Å². The van der Waals surface area contributed by atoms with Crippen molar-refractivity contribution in [3.8, 4) is 0 Å². The van der Waals surface area contributed by atoms with Gasteiger partial charge in [0.1, 0.15) is 0 Å². The predicted molar refractivity (Wildman–Crippen MR) is 108 cm³/mol. The topological polar surface area (TPSA) is 80.7 Å². The van der Waals surface area contributed by atoms with Gasteiger partial charge in [-0.1, -0.05) is 26.0 Å². The zero-order valence-electron chi connectivity index (χ0n) is 17.8. The minimum absolute atomic E-state index is 0.00164. The Labute approximate surface area is 176 Å². The SMILES string of the molecule is CC(C)(C1=C(C23C=CC(CC2C(=O)O)C3)C(=O)OC1=O)C12CC3CC(CC(C3)C1)C2. The number of aliphatic carboxylic acids is 1. The van der Waals surface area contributed by atoms with Crippen LogP contribution >= 0.6 is 0 Å². The van der Waals surface area contributed by atoms with E-state index in [1.807, 2.05) is 12.2 Å². The maximum Gasteiger partial charge on any atom is 0.343 e. The first-order chi connectivity index (χ1) is 14.2. The molecule has 1 aliphatic heterocycles. The Balaban J connectivity index is 1.52. The zero-order valence-corrected chi connectivity index (χ0v) is 17.8. The van der Waals surface area contributed by atoms with Crippen molar-refractivity contribution in [1.29, 1.82) is 0 Å². The third-order valence-corrected chi connectivity index (χ3v) is 10.0. The quantitative estimate of drug-likeness (QED) is 0.425. The first-order valence-electron chi connectivity index (χ1n) is 11.6. The summed E-state index contributed by atoms with van der Waals surface area (Å²) in [5, 5.41) is 9.94. The molecule has 5 saturated carbocycles. The normalized spacial score (nSPS) is 46.3. The summed E-state index contributed by atoms with van der Waals surface area (Å²) in [7, 11) is 0. The van der Waals surface area contributed by atoms with Crippen LogP contribution in [-0.4, -0.2) is 23.0 Å². The van der Waals surface area contributed by atoms with E-state index in [0.717, 1.165) is 37.0 Å². The highest BCUT2D eigenvalue weighted by Crippen LogP contribution is 2.69. The third kappa shape index (κ3) is 2.17. The summed E-state index contributed by atoms with van der Waals surface area (Å²) in [6, 6.07) is 0. The fraction of sp³-hybridized carbons (Fsp3) is 0.720. The number of rotatable bonds is 4. The van der Waals surface area contributed by atoms with Crippen molar-refractivity contribution >= 4 is 17.9 Å². The standard InChI is InChI=1S/C25H30O5/c1-23(2,24-9-14-5-15(10-24)7-16(6-14)11-24)18-19(22(29)30-21(18)28)25-4-3-13(12-25)8-17(25)20(26)27/h3-4,13-17H,5-12H2,1-2H3,(H,26,27). The maximum atomic E-state index is 13.2. The number of carbonyl (C=O) groups excluding carboxylic acids is 2. The number of allylic oxidation sites excluding steroid dienone is 2. The van der Waals surface area contributed by atoms with Crippen molar-refractivity contribution in [1.82, 2.24) is 0 Å². The van der Waals surface area contributed by atoms with Crippen LogP contribution in [0.5, 0.6) is 0 Å². The van der Waals surface area contributed by atoms with Crippen molar-refractivity contribution in [3.63, 3.8) is 0 Å². The number of carboxylic acids is 1. The molecule has 7 rings (SSSR count). The Morgan fingerprint density at radius 1 is 1.00 bits per heavy atom. The van der Waals surface area contributed by atoms with Gasteiger partial charge in [0.25, 0.3) is 0 Å². The van der Waals surface area contributed by atoms with Gasteiger partial charge in [-0.15, -0.1) is 0 Å². The molecule has 6 aliphatic carbocycles. The fourth-order valence-electron chi connectivity index (χ4n) is 9.01. The van der Waals surface area contributed by atoms with Crippen molar-refractivity contribution in [2.45, 2.75) is 65.2 Å². The molecule has 1 heterocycles. The molecule has 5 nitrogen and oxygen atoms in total. The third-order valence-electron chi connectivity index (χ3n) is 10.0. The number of carboxylic acid groups (broad SMARTS) is 1. The van der Waals surface area contributed by atoms with Crippen LogP contribution in [0.25, 0.3) is 0 Å². The monoisotopic (exact) mass is 410 g/mol. The van der Waals surface area contributed by atoms with Crippen LogP contribution in [0.3, 0.4) is 0 Å². The molecule has 0 spiro atoms. The molecule has 0 aromatic carbocycles. The number of esters is 2. The first kappa shape index (κ1) is 18.8. The Morgan fingerprint density at radius 3 is 2.13 bits per heavy atom. The van der Waals surface area contributed by atoms with Crippen LogP contribution in [0, 0.1) is 45.8 Å². The highest BCUT2D eigenvalue weighted by molar-refractivity contribution is 6.14. The zero-order chi connectivity index (χ0) is 21.1. The largest absolute Gasteiger partial charge is 0.481 e. The van der Waals surface area contributed by atoms with Crippen molar-refractivity contribution < 1.29 is 24.2 Å². The van der Waals surface area contributed by atoms with E-state index in [1.54, 1.807) is 0 Å². The van der Waals surface area contributed by atoms with E-state index in [2.05, 4.69) is 13.8 Å². The van der Waals surface area contributed by atoms with Crippen molar-refractivity contribution in [2.24, 2.45) is 45.8 Å². The molecular weight excluding hydrogens is 380 g/mol. The summed E-state index contributed by atoms with van der Waals surface area (Å²) in [5.41, 5.74) is -0.533. The molecule has 30 heavy (non-hydrogen) atoms. The second kappa shape index (κ2) is 5.66. The number of cyclic esters (lactones) is 2. The number of carbonyl (C=O) groups is 3. The second-order valence-electron chi connectivity index (χ2n) is 11.7. The minimum Gasteiger partial charge on any atom is -0.481 e. The molecule has 5 fully saturated rings. The van der Waals surface area contributed by atoms with E-state index in [1.165, 1.54) is 19.3 Å². The lowest BCUT2D eigenvalue weighted by molar-refractivity contribution is -0.153. The van der Waals surface area contributed by atoms with E-state index in [-0.39, 0.29) is 11.3 Å². The second-order valence-corrected chi connectivity index (χ2v) is 11.7. The maximum absolute atomic E-state index is 13.2. The molecule has 1 N–H and O–H groups in total. The van der Waals surface area contributed by atoms with Gasteiger partial charge in [0.15, 0.2) is 0 Å². The molecule has 3 atom stereocenters. The first-order valence-corrected chi connectivity index (χ1v) is 11.6. The summed E-state index contributed by atoms with van der Waals surface area (Å²) in [6.45, 7) is 4.26. The van der Waals surface area contributed by atoms with Gasteiger partial charge >= 0.3 is 17.9 Å². The summed E-state index contributed by atoms with van der Waals surface area (Å²) >= 11 is 0. The van der Waals surface area contributed by atoms with Gasteiger partial charge in [-0.05, 0) is 80.5 Å². The van der Waals surface area contributed by atoms with Gasteiger partial charge in [0, 0.05) is 10.8 Å². The molecular formula is C25H30O5. The molecule has 0 amide bonds. The summed E-state index contributed by atoms with van der Waals surface area (Å²) in [6.07, 6.45) is 12.3. The highest BCUT2D eigenvalue weighted by Gasteiger charge is 2.65. The molecule has 5 heteroatoms. The van der Waals surface area contributed by atoms with Gasteiger partial charge in [-0.25, -0.2) is 9.59 Å². The van der Waals surface area contributed by atoms with Gasteiger partial charge in [0.2, 0.25) is 0 Å². The van der Waals surface area contributed by atoms with Crippen LogP contribution in [0.2, 0.25) is 0 Å². The van der Waals surface area contributed by atoms with Crippen LogP contribution in [0.4, 0.5) is 0 Å². The highest BCUT2D eigenvalue weighted by atomic mass is 16.6. The Hall–Kier alpha value is -1.91. The van der Waals surface area contributed by atoms with Crippen LogP contribution < -0.4 is 0 Å². The van der Waals surface area contributed by atoms with E-state index in [9.17, 15) is 19.5 Å². The Morgan fingerprint density at radius 2 is 1.60 bits per heavy atom. The van der Waals surface area contributed by atoms with E-state index in [4.69, 9.17) is 4.74 Å².